The number of anilines is 2. The highest BCUT2D eigenvalue weighted by Gasteiger charge is 2.30. The lowest BCUT2D eigenvalue weighted by molar-refractivity contribution is 0.0973. The van der Waals surface area contributed by atoms with Gasteiger partial charge in [-0.3, -0.25) is 19.7 Å². The maximum Gasteiger partial charge on any atom is 0.434 e. The fourth-order valence-corrected chi connectivity index (χ4v) is 5.05. The number of aliphatic imine (C=N–C) groups is 1. The van der Waals surface area contributed by atoms with E-state index in [2.05, 4.69) is 15.6 Å². The zero-order chi connectivity index (χ0) is 35.9. The minimum absolute atomic E-state index is 0.0924. The van der Waals surface area contributed by atoms with Gasteiger partial charge in [0.1, 0.15) is 0 Å². The van der Waals surface area contributed by atoms with E-state index >= 15 is 0 Å². The molecular weight excluding hydrogens is 628 g/mol. The lowest BCUT2D eigenvalue weighted by Crippen LogP contribution is -2.53. The summed E-state index contributed by atoms with van der Waals surface area (Å²) in [5, 5.41) is 15.3. The van der Waals surface area contributed by atoms with Crippen molar-refractivity contribution in [2.45, 2.75) is 33.2 Å². The molecule has 0 aliphatic carbocycles. The maximum atomic E-state index is 13.6. The summed E-state index contributed by atoms with van der Waals surface area (Å²) in [7, 11) is 4.25. The first-order valence-corrected chi connectivity index (χ1v) is 15.1. The first kappa shape index (κ1) is 35.7. The standard InChI is InChI=1S/C37H38N4O8/c1-22-13-18-27(21-28(22)38-33(43)25-16-14-24(15-17-25)31(42)23-11-9-8-10-12-23)41(37(2,3)4)35(40-36(45)46)39-34(44)26-19-29(47-5)32(49-7)30(20-26)48-6/h8-21H,1-7H3,(H,38,43)(H,45,46)(H,39,40,44). The lowest BCUT2D eigenvalue weighted by Gasteiger charge is -2.38. The van der Waals surface area contributed by atoms with Gasteiger partial charge in [-0.05, 0) is 69.7 Å². The Morgan fingerprint density at radius 2 is 1.29 bits per heavy atom. The van der Waals surface area contributed by atoms with Crippen LogP contribution in [0, 0.1) is 6.92 Å². The maximum absolute atomic E-state index is 13.6. The summed E-state index contributed by atoms with van der Waals surface area (Å²) in [6, 6.07) is 23.2. The van der Waals surface area contributed by atoms with Gasteiger partial charge in [0, 0.05) is 39.2 Å². The number of guanidine groups is 1. The number of ketones is 1. The van der Waals surface area contributed by atoms with Gasteiger partial charge in [-0.2, -0.15) is 0 Å². The molecule has 0 saturated heterocycles. The number of carboxylic acid groups (broad SMARTS) is 1. The van der Waals surface area contributed by atoms with Crippen LogP contribution >= 0.6 is 0 Å². The second kappa shape index (κ2) is 15.2. The molecule has 0 atom stereocenters. The van der Waals surface area contributed by atoms with Gasteiger partial charge in [-0.15, -0.1) is 4.99 Å². The average molecular weight is 667 g/mol. The second-order valence-electron chi connectivity index (χ2n) is 11.8. The van der Waals surface area contributed by atoms with Crippen LogP contribution < -0.4 is 29.7 Å². The lowest BCUT2D eigenvalue weighted by atomic mass is 10.0. The van der Waals surface area contributed by atoms with Gasteiger partial charge in [0.05, 0.1) is 21.3 Å². The van der Waals surface area contributed by atoms with Gasteiger partial charge in [0.2, 0.25) is 11.7 Å². The molecule has 12 heteroatoms. The highest BCUT2D eigenvalue weighted by Crippen LogP contribution is 2.38. The van der Waals surface area contributed by atoms with Gasteiger partial charge in [0.25, 0.3) is 11.8 Å². The molecule has 0 fully saturated rings. The van der Waals surface area contributed by atoms with E-state index in [1.165, 1.54) is 38.4 Å². The molecule has 0 heterocycles. The number of aryl methyl sites for hydroxylation is 1. The van der Waals surface area contributed by atoms with Crippen molar-refractivity contribution >= 4 is 41.0 Å². The van der Waals surface area contributed by atoms with Gasteiger partial charge in [-0.25, -0.2) is 4.79 Å². The Balaban J connectivity index is 1.65. The minimum Gasteiger partial charge on any atom is -0.493 e. The fraction of sp³-hybridized carbons (Fsp3) is 0.216. The van der Waals surface area contributed by atoms with Crippen LogP contribution in [0.4, 0.5) is 16.2 Å². The van der Waals surface area contributed by atoms with E-state index in [1.54, 1.807) is 73.7 Å². The first-order chi connectivity index (χ1) is 23.3. The van der Waals surface area contributed by atoms with Crippen molar-refractivity contribution in [2.75, 3.05) is 31.5 Å². The van der Waals surface area contributed by atoms with E-state index in [-0.39, 0.29) is 34.6 Å². The van der Waals surface area contributed by atoms with Crippen molar-refractivity contribution in [1.82, 2.24) is 5.32 Å². The zero-order valence-electron chi connectivity index (χ0n) is 28.3. The molecule has 3 amide bonds. The van der Waals surface area contributed by atoms with Crippen LogP contribution in [0.3, 0.4) is 0 Å². The number of methoxy groups -OCH3 is 3. The predicted molar refractivity (Wildman–Crippen MR) is 187 cm³/mol. The largest absolute Gasteiger partial charge is 0.493 e. The molecule has 4 aromatic carbocycles. The van der Waals surface area contributed by atoms with Crippen LogP contribution in [-0.2, 0) is 0 Å². The Bertz CT molecular complexity index is 1870. The summed E-state index contributed by atoms with van der Waals surface area (Å²) in [4.78, 5) is 56.9. The molecule has 0 aromatic heterocycles. The Kier molecular flexibility index (Phi) is 11.0. The quantitative estimate of drug-likeness (QED) is 0.102. The molecule has 12 nitrogen and oxygen atoms in total. The number of hydrogen-bond acceptors (Lipinski definition) is 7. The van der Waals surface area contributed by atoms with Crippen molar-refractivity contribution in [3.63, 3.8) is 0 Å². The Labute approximate surface area is 284 Å². The zero-order valence-corrected chi connectivity index (χ0v) is 28.3. The summed E-state index contributed by atoms with van der Waals surface area (Å²) < 4.78 is 16.1. The second-order valence-corrected chi connectivity index (χ2v) is 11.8. The number of carbonyl (C=O) groups excluding carboxylic acids is 3. The number of carbonyl (C=O) groups is 4. The third kappa shape index (κ3) is 8.41. The number of ether oxygens (including phenoxy) is 3. The summed E-state index contributed by atoms with van der Waals surface area (Å²) in [6.07, 6.45) is -1.54. The van der Waals surface area contributed by atoms with Gasteiger partial charge < -0.3 is 29.5 Å². The summed E-state index contributed by atoms with van der Waals surface area (Å²) >= 11 is 0. The van der Waals surface area contributed by atoms with Gasteiger partial charge >= 0.3 is 6.09 Å². The Morgan fingerprint density at radius 3 is 1.82 bits per heavy atom. The molecule has 0 bridgehead atoms. The van der Waals surface area contributed by atoms with Crippen molar-refractivity contribution < 1.29 is 38.5 Å². The number of nitrogens with one attached hydrogen (secondary N) is 2. The molecule has 3 N–H and O–H groups in total. The summed E-state index contributed by atoms with van der Waals surface area (Å²) in [5.74, 6) is -0.809. The van der Waals surface area contributed by atoms with E-state index in [4.69, 9.17) is 14.2 Å². The Hall–Kier alpha value is -6.17. The number of benzene rings is 4. The molecule has 0 aliphatic rings. The van der Waals surface area contributed by atoms with Crippen LogP contribution in [0.1, 0.15) is 63.0 Å². The highest BCUT2D eigenvalue weighted by molar-refractivity contribution is 6.14. The van der Waals surface area contributed by atoms with E-state index in [0.29, 0.717) is 28.1 Å². The third-order valence-electron chi connectivity index (χ3n) is 7.41. The SMILES string of the molecule is COc1cc(C(=O)NC(=NC(=O)O)N(c2ccc(C)c(NC(=O)c3ccc(C(=O)c4ccccc4)cc3)c2)C(C)(C)C)cc(OC)c1OC. The third-order valence-corrected chi connectivity index (χ3v) is 7.41. The monoisotopic (exact) mass is 666 g/mol. The van der Waals surface area contributed by atoms with E-state index in [0.717, 1.165) is 5.56 Å². The molecule has 0 saturated carbocycles. The van der Waals surface area contributed by atoms with Crippen molar-refractivity contribution in [1.29, 1.82) is 0 Å². The number of amides is 3. The fourth-order valence-electron chi connectivity index (χ4n) is 5.05. The molecule has 0 radical (unpaired) electrons. The number of hydrogen-bond donors (Lipinski definition) is 3. The number of rotatable bonds is 9. The van der Waals surface area contributed by atoms with Crippen LogP contribution in [-0.4, -0.2) is 61.6 Å². The Morgan fingerprint density at radius 1 is 0.714 bits per heavy atom. The normalized spacial score (nSPS) is 11.3. The smallest absolute Gasteiger partial charge is 0.434 e. The van der Waals surface area contributed by atoms with Crippen LogP contribution in [0.2, 0.25) is 0 Å². The van der Waals surface area contributed by atoms with Crippen LogP contribution in [0.5, 0.6) is 17.2 Å². The van der Waals surface area contributed by atoms with E-state index in [1.807, 2.05) is 26.8 Å². The van der Waals surface area contributed by atoms with Crippen LogP contribution in [0.15, 0.2) is 89.9 Å². The van der Waals surface area contributed by atoms with E-state index in [9.17, 15) is 24.3 Å². The molecule has 0 unspecified atom stereocenters. The molecule has 0 aliphatic heterocycles. The molecule has 0 spiro atoms. The molecule has 4 aromatic rings. The van der Waals surface area contributed by atoms with Crippen molar-refractivity contribution in [3.8, 4) is 17.2 Å². The van der Waals surface area contributed by atoms with Gasteiger partial charge in [-0.1, -0.05) is 48.5 Å². The topological polar surface area (TPSA) is 156 Å². The van der Waals surface area contributed by atoms with Gasteiger partial charge in [0.15, 0.2) is 17.3 Å². The molecular formula is C37H38N4O8. The minimum atomic E-state index is -1.54. The van der Waals surface area contributed by atoms with Crippen LogP contribution in [0.25, 0.3) is 0 Å². The predicted octanol–water partition coefficient (Wildman–Crippen LogP) is 6.57. The molecule has 254 valence electrons. The summed E-state index contributed by atoms with van der Waals surface area (Å²) in [5.41, 5.74) is 2.17. The first-order valence-electron chi connectivity index (χ1n) is 15.1. The number of nitrogens with zero attached hydrogens (tertiary/aromatic N) is 2. The highest BCUT2D eigenvalue weighted by atomic mass is 16.5. The average Bonchev–Trinajstić information content (AvgIpc) is 3.08. The van der Waals surface area contributed by atoms with E-state index < -0.39 is 23.4 Å². The molecule has 49 heavy (non-hydrogen) atoms. The van der Waals surface area contributed by atoms with Crippen molar-refractivity contribution in [3.05, 3.63) is 113 Å². The molecule has 4 rings (SSSR count). The van der Waals surface area contributed by atoms with Crippen molar-refractivity contribution in [2.24, 2.45) is 4.99 Å². The summed E-state index contributed by atoms with van der Waals surface area (Å²) in [6.45, 7) is 7.24.